The van der Waals surface area contributed by atoms with E-state index in [1.54, 1.807) is 35.6 Å². The first kappa shape index (κ1) is 17.9. The number of aromatic nitrogens is 2. The molecule has 2 heterocycles. The monoisotopic (exact) mass is 384 g/mol. The number of thiophene rings is 1. The molecule has 2 aromatic heterocycles. The number of aliphatic hydroxyl groups is 1. The van der Waals surface area contributed by atoms with E-state index < -0.39 is 6.10 Å². The van der Waals surface area contributed by atoms with Crippen molar-refractivity contribution in [3.05, 3.63) is 57.0 Å². The lowest BCUT2D eigenvalue weighted by atomic mass is 10.1. The fraction of sp³-hybridized carbons (Fsp3) is 0.350. The number of ether oxygens (including phenoxy) is 1. The number of carbonyl (C=O) groups excluding carboxylic acids is 1. The molecular weight excluding hydrogens is 364 g/mol. The van der Waals surface area contributed by atoms with Crippen LogP contribution in [0.5, 0.6) is 5.75 Å². The lowest BCUT2D eigenvalue weighted by molar-refractivity contribution is 0.0913. The van der Waals surface area contributed by atoms with Crippen LogP contribution in [0.15, 0.2) is 35.4 Å². The highest BCUT2D eigenvalue weighted by Crippen LogP contribution is 2.34. The Bertz CT molecular complexity index is 1070. The molecule has 0 spiro atoms. The van der Waals surface area contributed by atoms with E-state index >= 15 is 0 Å². The van der Waals surface area contributed by atoms with Crippen LogP contribution in [-0.2, 0) is 19.4 Å². The second-order valence-corrected chi connectivity index (χ2v) is 7.87. The number of fused-ring (bicyclic) bond motifs is 3. The number of aryl methyl sites for hydroxylation is 2. The zero-order valence-electron chi connectivity index (χ0n) is 15.0. The van der Waals surface area contributed by atoms with Crippen molar-refractivity contribution in [2.75, 3.05) is 6.61 Å². The van der Waals surface area contributed by atoms with E-state index in [9.17, 15) is 14.7 Å². The molecule has 0 saturated heterocycles. The number of ketones is 1. The predicted molar refractivity (Wildman–Crippen MR) is 104 cm³/mol. The van der Waals surface area contributed by atoms with Gasteiger partial charge in [-0.2, -0.15) is 0 Å². The quantitative estimate of drug-likeness (QED) is 0.661. The lowest BCUT2D eigenvalue weighted by Crippen LogP contribution is -2.30. The van der Waals surface area contributed by atoms with Crippen LogP contribution in [0.3, 0.4) is 0 Å². The maximum atomic E-state index is 12.8. The zero-order valence-corrected chi connectivity index (χ0v) is 15.8. The SMILES string of the molecule is CC(=O)c1cccc(OCC(O)Cn2cnc3sc4c(c3c2=O)CCC4)c1. The summed E-state index contributed by atoms with van der Waals surface area (Å²) >= 11 is 1.60. The second-order valence-electron chi connectivity index (χ2n) is 6.79. The van der Waals surface area contributed by atoms with Crippen molar-refractivity contribution >= 4 is 27.3 Å². The molecule has 0 radical (unpaired) electrons. The third-order valence-electron chi connectivity index (χ3n) is 4.78. The summed E-state index contributed by atoms with van der Waals surface area (Å²) in [5, 5.41) is 11.0. The van der Waals surface area contributed by atoms with Crippen LogP contribution in [0.4, 0.5) is 0 Å². The highest BCUT2D eigenvalue weighted by atomic mass is 32.1. The van der Waals surface area contributed by atoms with E-state index in [0.29, 0.717) is 16.7 Å². The smallest absolute Gasteiger partial charge is 0.262 e. The zero-order chi connectivity index (χ0) is 19.0. The van der Waals surface area contributed by atoms with Crippen LogP contribution in [0.25, 0.3) is 10.2 Å². The number of nitrogens with zero attached hydrogens (tertiary/aromatic N) is 2. The van der Waals surface area contributed by atoms with Crippen LogP contribution >= 0.6 is 11.3 Å². The Morgan fingerprint density at radius 3 is 3.07 bits per heavy atom. The van der Waals surface area contributed by atoms with Gasteiger partial charge >= 0.3 is 0 Å². The third kappa shape index (κ3) is 3.52. The molecule has 0 fully saturated rings. The van der Waals surface area contributed by atoms with E-state index in [4.69, 9.17) is 4.74 Å². The van der Waals surface area contributed by atoms with Crippen molar-refractivity contribution in [2.24, 2.45) is 0 Å². The van der Waals surface area contributed by atoms with E-state index in [1.165, 1.54) is 22.7 Å². The molecule has 1 aromatic carbocycles. The lowest BCUT2D eigenvalue weighted by Gasteiger charge is -2.14. The molecule has 0 saturated carbocycles. The van der Waals surface area contributed by atoms with E-state index in [0.717, 1.165) is 29.7 Å². The number of hydrogen-bond donors (Lipinski definition) is 1. The van der Waals surface area contributed by atoms with Gasteiger partial charge in [0.15, 0.2) is 5.78 Å². The first-order chi connectivity index (χ1) is 13.0. The van der Waals surface area contributed by atoms with Gasteiger partial charge in [0.1, 0.15) is 23.3 Å². The van der Waals surface area contributed by atoms with Crippen molar-refractivity contribution in [3.8, 4) is 5.75 Å². The van der Waals surface area contributed by atoms with Crippen LogP contribution in [0.2, 0.25) is 0 Å². The highest BCUT2D eigenvalue weighted by Gasteiger charge is 2.21. The largest absolute Gasteiger partial charge is 0.491 e. The van der Waals surface area contributed by atoms with E-state index in [-0.39, 0.29) is 24.5 Å². The van der Waals surface area contributed by atoms with Gasteiger partial charge < -0.3 is 9.84 Å². The van der Waals surface area contributed by atoms with Crippen molar-refractivity contribution < 1.29 is 14.6 Å². The minimum Gasteiger partial charge on any atom is -0.491 e. The molecule has 1 aliphatic carbocycles. The molecule has 140 valence electrons. The van der Waals surface area contributed by atoms with E-state index in [1.807, 2.05) is 0 Å². The summed E-state index contributed by atoms with van der Waals surface area (Å²) in [7, 11) is 0. The predicted octanol–water partition coefficient (Wildman–Crippen LogP) is 2.59. The number of aliphatic hydroxyl groups excluding tert-OH is 1. The van der Waals surface area contributed by atoms with Crippen molar-refractivity contribution in [3.63, 3.8) is 0 Å². The maximum Gasteiger partial charge on any atom is 0.262 e. The molecule has 4 rings (SSSR count). The van der Waals surface area contributed by atoms with Gasteiger partial charge in [-0.05, 0) is 43.9 Å². The number of rotatable bonds is 6. The van der Waals surface area contributed by atoms with E-state index in [2.05, 4.69) is 4.98 Å². The van der Waals surface area contributed by atoms with Gasteiger partial charge in [-0.15, -0.1) is 11.3 Å². The molecule has 1 aliphatic rings. The standard InChI is InChI=1S/C20H20N2O4S/c1-12(23)13-4-2-5-15(8-13)26-10-14(24)9-22-11-21-19-18(20(22)25)16-6-3-7-17(16)27-19/h2,4-5,8,11,14,24H,3,6-7,9-10H2,1H3. The first-order valence-corrected chi connectivity index (χ1v) is 9.76. The molecule has 7 heteroatoms. The fourth-order valence-electron chi connectivity index (χ4n) is 3.43. The summed E-state index contributed by atoms with van der Waals surface area (Å²) in [6.07, 6.45) is 3.66. The minimum absolute atomic E-state index is 0.0214. The van der Waals surface area contributed by atoms with Crippen LogP contribution in [0.1, 0.15) is 34.1 Å². The molecule has 0 bridgehead atoms. The Hall–Kier alpha value is -2.51. The van der Waals surface area contributed by atoms with Gasteiger partial charge in [-0.1, -0.05) is 12.1 Å². The van der Waals surface area contributed by atoms with Crippen LogP contribution in [-0.4, -0.2) is 33.2 Å². The van der Waals surface area contributed by atoms with Crippen molar-refractivity contribution in [1.82, 2.24) is 9.55 Å². The molecule has 1 unspecified atom stereocenters. The Morgan fingerprint density at radius 2 is 2.26 bits per heavy atom. The van der Waals surface area contributed by atoms with Gasteiger partial charge in [-0.3, -0.25) is 14.2 Å². The molecule has 27 heavy (non-hydrogen) atoms. The van der Waals surface area contributed by atoms with Gasteiger partial charge in [-0.25, -0.2) is 4.98 Å². The Morgan fingerprint density at radius 1 is 1.41 bits per heavy atom. The number of Topliss-reactive ketones (excluding diaryl/α,β-unsaturated/α-hetero) is 1. The van der Waals surface area contributed by atoms with Crippen molar-refractivity contribution in [1.29, 1.82) is 0 Å². The maximum absolute atomic E-state index is 12.8. The van der Waals surface area contributed by atoms with Crippen LogP contribution < -0.4 is 10.3 Å². The first-order valence-electron chi connectivity index (χ1n) is 8.94. The summed E-state index contributed by atoms with van der Waals surface area (Å²) in [6, 6.07) is 6.82. The number of hydrogen-bond acceptors (Lipinski definition) is 6. The average Bonchev–Trinajstić information content (AvgIpc) is 3.23. The Labute approximate surface area is 160 Å². The summed E-state index contributed by atoms with van der Waals surface area (Å²) in [5.41, 5.74) is 1.59. The fourth-order valence-corrected chi connectivity index (χ4v) is 4.65. The van der Waals surface area contributed by atoms with Crippen LogP contribution in [0, 0.1) is 0 Å². The summed E-state index contributed by atoms with van der Waals surface area (Å²) in [5.74, 6) is 0.466. The molecule has 1 N–H and O–H groups in total. The summed E-state index contributed by atoms with van der Waals surface area (Å²) in [4.78, 5) is 30.7. The Kier molecular flexibility index (Phi) is 4.80. The second kappa shape index (κ2) is 7.25. The van der Waals surface area contributed by atoms with Crippen molar-refractivity contribution in [2.45, 2.75) is 38.8 Å². The molecule has 3 aromatic rings. The van der Waals surface area contributed by atoms with Gasteiger partial charge in [0.05, 0.1) is 18.3 Å². The number of benzene rings is 1. The Balaban J connectivity index is 1.47. The van der Waals surface area contributed by atoms with Gasteiger partial charge in [0.2, 0.25) is 0 Å². The normalized spacial score (nSPS) is 14.3. The highest BCUT2D eigenvalue weighted by molar-refractivity contribution is 7.18. The van der Waals surface area contributed by atoms with Gasteiger partial charge in [0, 0.05) is 10.4 Å². The van der Waals surface area contributed by atoms with Gasteiger partial charge in [0.25, 0.3) is 5.56 Å². The molecule has 1 atom stereocenters. The number of carbonyl (C=O) groups is 1. The molecular formula is C20H20N2O4S. The molecule has 0 aliphatic heterocycles. The minimum atomic E-state index is -0.866. The summed E-state index contributed by atoms with van der Waals surface area (Å²) in [6.45, 7) is 1.62. The third-order valence-corrected chi connectivity index (χ3v) is 5.98. The summed E-state index contributed by atoms with van der Waals surface area (Å²) < 4.78 is 7.03. The molecule has 0 amide bonds. The molecule has 6 nitrogen and oxygen atoms in total. The topological polar surface area (TPSA) is 81.4 Å². The average molecular weight is 384 g/mol.